The summed E-state index contributed by atoms with van der Waals surface area (Å²) in [5.74, 6) is 1.06. The van der Waals surface area contributed by atoms with Crippen molar-refractivity contribution in [3.05, 3.63) is 35.4 Å². The molecule has 4 aliphatic carbocycles. The summed E-state index contributed by atoms with van der Waals surface area (Å²) in [6.07, 6.45) is 6.04. The van der Waals surface area contributed by atoms with Crippen molar-refractivity contribution in [1.82, 2.24) is 4.90 Å². The Morgan fingerprint density at radius 1 is 1.00 bits per heavy atom. The molecule has 0 spiro atoms. The highest BCUT2D eigenvalue weighted by atomic mass is 16.5. The molecule has 5 fully saturated rings. The number of aliphatic hydroxyl groups excluding tert-OH is 1. The number of benzene rings is 1. The SMILES string of the molecule is COC(=O)c1ccc(COC(=O)[C@@H]2C[C@@H](O)CN2C(=O)C23CC4CC(CC(C4)C2)C3)cc1. The van der Waals surface area contributed by atoms with Crippen LogP contribution >= 0.6 is 0 Å². The van der Waals surface area contributed by atoms with E-state index in [2.05, 4.69) is 4.74 Å². The molecule has 0 unspecified atom stereocenters. The Labute approximate surface area is 188 Å². The molecular weight excluding hydrogens is 410 g/mol. The van der Waals surface area contributed by atoms with Crippen molar-refractivity contribution in [3.63, 3.8) is 0 Å². The molecule has 1 heterocycles. The van der Waals surface area contributed by atoms with Crippen molar-refractivity contribution in [2.45, 2.75) is 63.7 Å². The second-order valence-electron chi connectivity index (χ2n) is 10.4. The summed E-state index contributed by atoms with van der Waals surface area (Å²) in [6, 6.07) is 5.93. The van der Waals surface area contributed by atoms with E-state index < -0.39 is 24.1 Å². The van der Waals surface area contributed by atoms with Gasteiger partial charge in [0.2, 0.25) is 5.91 Å². The molecule has 4 saturated carbocycles. The van der Waals surface area contributed by atoms with Crippen LogP contribution in [-0.2, 0) is 25.7 Å². The van der Waals surface area contributed by atoms with E-state index >= 15 is 0 Å². The van der Waals surface area contributed by atoms with Gasteiger partial charge in [0.25, 0.3) is 0 Å². The zero-order valence-corrected chi connectivity index (χ0v) is 18.5. The molecule has 0 aromatic heterocycles. The summed E-state index contributed by atoms with van der Waals surface area (Å²) in [5.41, 5.74) is 0.818. The van der Waals surface area contributed by atoms with E-state index in [0.29, 0.717) is 23.3 Å². The lowest BCUT2D eigenvalue weighted by Gasteiger charge is -2.56. The van der Waals surface area contributed by atoms with Gasteiger partial charge in [0.15, 0.2) is 0 Å². The lowest BCUT2D eigenvalue weighted by Crippen LogP contribution is -2.56. The lowest BCUT2D eigenvalue weighted by molar-refractivity contribution is -0.166. The van der Waals surface area contributed by atoms with E-state index in [-0.39, 0.29) is 30.9 Å². The second-order valence-corrected chi connectivity index (χ2v) is 10.4. The molecule has 1 aromatic carbocycles. The number of nitrogens with zero attached hydrogens (tertiary/aromatic N) is 1. The standard InChI is InChI=1S/C25H31NO6/c1-31-22(28)19-4-2-15(3-5-19)14-32-23(29)21-9-20(27)13-26(21)24(30)25-10-16-6-17(11-25)8-18(7-16)12-25/h2-5,16-18,20-21,27H,6-14H2,1H3/t16?,17?,18?,20-,21+,25?/m1/s1. The van der Waals surface area contributed by atoms with Crippen LogP contribution in [0.2, 0.25) is 0 Å². The first kappa shape index (κ1) is 21.4. The number of ether oxygens (including phenoxy) is 2. The van der Waals surface area contributed by atoms with Gasteiger partial charge in [-0.25, -0.2) is 9.59 Å². The number of hydrogen-bond acceptors (Lipinski definition) is 6. The summed E-state index contributed by atoms with van der Waals surface area (Å²) >= 11 is 0. The maximum absolute atomic E-state index is 13.7. The number of amides is 1. The fourth-order valence-electron chi connectivity index (χ4n) is 7.04. The van der Waals surface area contributed by atoms with Gasteiger partial charge in [-0.2, -0.15) is 0 Å². The van der Waals surface area contributed by atoms with E-state index in [1.54, 1.807) is 29.2 Å². The van der Waals surface area contributed by atoms with Crippen LogP contribution in [0.25, 0.3) is 0 Å². The van der Waals surface area contributed by atoms with Gasteiger partial charge < -0.3 is 19.5 Å². The molecule has 1 N–H and O–H groups in total. The summed E-state index contributed by atoms with van der Waals surface area (Å²) in [4.78, 5) is 39.8. The maximum Gasteiger partial charge on any atom is 0.337 e. The molecule has 7 nitrogen and oxygen atoms in total. The number of esters is 2. The van der Waals surface area contributed by atoms with Crippen LogP contribution < -0.4 is 0 Å². The van der Waals surface area contributed by atoms with Crippen molar-refractivity contribution in [2.24, 2.45) is 23.2 Å². The molecular formula is C25H31NO6. The minimum Gasteiger partial charge on any atom is -0.465 e. The first-order chi connectivity index (χ1) is 15.4. The van der Waals surface area contributed by atoms with Crippen molar-refractivity contribution >= 4 is 17.8 Å². The maximum atomic E-state index is 13.7. The Bertz CT molecular complexity index is 874. The third-order valence-corrected chi connectivity index (χ3v) is 8.06. The van der Waals surface area contributed by atoms with E-state index in [0.717, 1.165) is 24.8 Å². The average Bonchev–Trinajstić information content (AvgIpc) is 3.17. The molecule has 1 aromatic rings. The van der Waals surface area contributed by atoms with Gasteiger partial charge in [0, 0.05) is 13.0 Å². The zero-order chi connectivity index (χ0) is 22.5. The normalized spacial score (nSPS) is 35.1. The van der Waals surface area contributed by atoms with Crippen molar-refractivity contribution in [1.29, 1.82) is 0 Å². The van der Waals surface area contributed by atoms with Gasteiger partial charge in [0.05, 0.1) is 24.2 Å². The number of aliphatic hydroxyl groups is 1. The molecule has 1 saturated heterocycles. The number of methoxy groups -OCH3 is 1. The predicted octanol–water partition coefficient (Wildman–Crippen LogP) is 2.69. The van der Waals surface area contributed by atoms with Crippen LogP contribution in [0, 0.1) is 23.2 Å². The summed E-state index contributed by atoms with van der Waals surface area (Å²) in [6.45, 7) is 0.250. The van der Waals surface area contributed by atoms with Gasteiger partial charge in [-0.1, -0.05) is 12.1 Å². The minimum atomic E-state index is -0.736. The fraction of sp³-hybridized carbons (Fsp3) is 0.640. The van der Waals surface area contributed by atoms with Crippen LogP contribution in [0.1, 0.15) is 60.9 Å². The van der Waals surface area contributed by atoms with Crippen molar-refractivity contribution < 1.29 is 29.0 Å². The smallest absolute Gasteiger partial charge is 0.337 e. The lowest BCUT2D eigenvalue weighted by atomic mass is 9.49. The Hall–Kier alpha value is -2.41. The molecule has 4 bridgehead atoms. The largest absolute Gasteiger partial charge is 0.465 e. The van der Waals surface area contributed by atoms with Gasteiger partial charge in [-0.3, -0.25) is 4.79 Å². The zero-order valence-electron chi connectivity index (χ0n) is 18.5. The molecule has 0 radical (unpaired) electrons. The van der Waals surface area contributed by atoms with Crippen LogP contribution in [0.3, 0.4) is 0 Å². The summed E-state index contributed by atoms with van der Waals surface area (Å²) in [5, 5.41) is 10.3. The molecule has 7 heteroatoms. The Kier molecular flexibility index (Phi) is 5.48. The third kappa shape index (κ3) is 3.81. The number of hydrogen-bond donors (Lipinski definition) is 1. The van der Waals surface area contributed by atoms with Gasteiger partial charge in [0.1, 0.15) is 12.6 Å². The topological polar surface area (TPSA) is 93.1 Å². The van der Waals surface area contributed by atoms with Crippen LogP contribution in [0.15, 0.2) is 24.3 Å². The molecule has 5 aliphatic rings. The summed E-state index contributed by atoms with van der Waals surface area (Å²) < 4.78 is 10.2. The number of β-amino-alcohol motifs (C(OH)–C–C–N with tert-alkyl or cyclic N) is 1. The molecule has 6 rings (SSSR count). The van der Waals surface area contributed by atoms with E-state index in [9.17, 15) is 19.5 Å². The van der Waals surface area contributed by atoms with Crippen LogP contribution in [0.4, 0.5) is 0 Å². The number of carbonyl (C=O) groups excluding carboxylic acids is 3. The van der Waals surface area contributed by atoms with Crippen molar-refractivity contribution in [2.75, 3.05) is 13.7 Å². The highest BCUT2D eigenvalue weighted by Gasteiger charge is 2.57. The first-order valence-corrected chi connectivity index (χ1v) is 11.7. The molecule has 1 aliphatic heterocycles. The monoisotopic (exact) mass is 441 g/mol. The average molecular weight is 442 g/mol. The van der Waals surface area contributed by atoms with E-state index in [1.807, 2.05) is 0 Å². The number of likely N-dealkylation sites (tertiary alicyclic amines) is 1. The minimum absolute atomic E-state index is 0.0479. The molecule has 32 heavy (non-hydrogen) atoms. The Balaban J connectivity index is 1.25. The fourth-order valence-corrected chi connectivity index (χ4v) is 7.04. The van der Waals surface area contributed by atoms with E-state index in [1.165, 1.54) is 26.4 Å². The summed E-state index contributed by atoms with van der Waals surface area (Å²) in [7, 11) is 1.32. The Morgan fingerprint density at radius 3 is 2.16 bits per heavy atom. The van der Waals surface area contributed by atoms with Gasteiger partial charge in [-0.15, -0.1) is 0 Å². The van der Waals surface area contributed by atoms with Gasteiger partial charge in [-0.05, 0) is 74.0 Å². The van der Waals surface area contributed by atoms with Crippen LogP contribution in [0.5, 0.6) is 0 Å². The third-order valence-electron chi connectivity index (χ3n) is 8.06. The predicted molar refractivity (Wildman–Crippen MR) is 114 cm³/mol. The van der Waals surface area contributed by atoms with E-state index in [4.69, 9.17) is 4.74 Å². The molecule has 2 atom stereocenters. The Morgan fingerprint density at radius 2 is 1.59 bits per heavy atom. The highest BCUT2D eigenvalue weighted by Crippen LogP contribution is 2.60. The highest BCUT2D eigenvalue weighted by molar-refractivity contribution is 5.90. The van der Waals surface area contributed by atoms with Gasteiger partial charge >= 0.3 is 11.9 Å². The van der Waals surface area contributed by atoms with Crippen molar-refractivity contribution in [3.8, 4) is 0 Å². The molecule has 172 valence electrons. The number of carbonyl (C=O) groups is 3. The number of rotatable bonds is 5. The molecule has 1 amide bonds. The first-order valence-electron chi connectivity index (χ1n) is 11.7. The van der Waals surface area contributed by atoms with Crippen LogP contribution in [-0.4, -0.2) is 53.7 Å². The quantitative estimate of drug-likeness (QED) is 0.707. The second kappa shape index (κ2) is 8.18.